The van der Waals surface area contributed by atoms with E-state index in [1.165, 1.54) is 51.6 Å². The highest BCUT2D eigenvalue weighted by molar-refractivity contribution is 4.83. The van der Waals surface area contributed by atoms with E-state index in [0.717, 1.165) is 12.1 Å². The molecule has 1 saturated heterocycles. The van der Waals surface area contributed by atoms with Crippen LogP contribution >= 0.6 is 0 Å². The van der Waals surface area contributed by atoms with Crippen molar-refractivity contribution in [3.63, 3.8) is 0 Å². The first-order valence-electron chi connectivity index (χ1n) is 5.81. The van der Waals surface area contributed by atoms with Crippen molar-refractivity contribution in [3.8, 4) is 0 Å². The Balaban J connectivity index is 1.77. The molecular formula is C11H22N2. The monoisotopic (exact) mass is 182 g/mol. The van der Waals surface area contributed by atoms with Crippen LogP contribution in [0.5, 0.6) is 0 Å². The highest BCUT2D eigenvalue weighted by atomic mass is 15.2. The molecule has 1 aliphatic carbocycles. The highest BCUT2D eigenvalue weighted by Crippen LogP contribution is 2.25. The van der Waals surface area contributed by atoms with Crippen molar-refractivity contribution in [2.75, 3.05) is 20.1 Å². The standard InChI is InChI=1S/C11H22N2/c1-12-10-6-8-13(9-7-10)11-4-2-3-5-11/h10-12H,2-9H2,1H3. The molecule has 1 saturated carbocycles. The van der Waals surface area contributed by atoms with Gasteiger partial charge >= 0.3 is 0 Å². The lowest BCUT2D eigenvalue weighted by atomic mass is 10.0. The molecule has 0 unspecified atom stereocenters. The molecule has 2 rings (SSSR count). The van der Waals surface area contributed by atoms with Gasteiger partial charge in [-0.2, -0.15) is 0 Å². The summed E-state index contributed by atoms with van der Waals surface area (Å²) in [5.41, 5.74) is 0. The zero-order valence-corrected chi connectivity index (χ0v) is 8.76. The molecular weight excluding hydrogens is 160 g/mol. The molecule has 0 amide bonds. The predicted octanol–water partition coefficient (Wildman–Crippen LogP) is 1.61. The van der Waals surface area contributed by atoms with Crippen LogP contribution in [0.2, 0.25) is 0 Å². The third-order valence-electron chi connectivity index (χ3n) is 3.78. The van der Waals surface area contributed by atoms with Crippen LogP contribution in [0.25, 0.3) is 0 Å². The maximum atomic E-state index is 3.39. The molecule has 1 heterocycles. The van der Waals surface area contributed by atoms with Gasteiger partial charge in [-0.3, -0.25) is 0 Å². The second-order valence-electron chi connectivity index (χ2n) is 4.54. The number of hydrogen-bond donors (Lipinski definition) is 1. The summed E-state index contributed by atoms with van der Waals surface area (Å²) < 4.78 is 0. The minimum Gasteiger partial charge on any atom is -0.317 e. The molecule has 0 aromatic heterocycles. The Bertz CT molecular complexity index is 144. The first-order valence-corrected chi connectivity index (χ1v) is 5.81. The highest BCUT2D eigenvalue weighted by Gasteiger charge is 2.26. The van der Waals surface area contributed by atoms with Gasteiger partial charge in [-0.1, -0.05) is 12.8 Å². The van der Waals surface area contributed by atoms with Crippen LogP contribution in [-0.2, 0) is 0 Å². The quantitative estimate of drug-likeness (QED) is 0.698. The van der Waals surface area contributed by atoms with E-state index in [0.29, 0.717) is 0 Å². The van der Waals surface area contributed by atoms with E-state index < -0.39 is 0 Å². The van der Waals surface area contributed by atoms with Crippen molar-refractivity contribution in [2.45, 2.75) is 50.6 Å². The number of nitrogens with zero attached hydrogens (tertiary/aromatic N) is 1. The third kappa shape index (κ3) is 2.23. The summed E-state index contributed by atoms with van der Waals surface area (Å²) >= 11 is 0. The molecule has 2 fully saturated rings. The fraction of sp³-hybridized carbons (Fsp3) is 1.00. The average Bonchev–Trinajstić information content (AvgIpc) is 2.71. The SMILES string of the molecule is CNC1CCN(C2CCCC2)CC1. The molecule has 13 heavy (non-hydrogen) atoms. The number of nitrogens with one attached hydrogen (secondary N) is 1. The fourth-order valence-electron chi connectivity index (χ4n) is 2.82. The van der Waals surface area contributed by atoms with Crippen molar-refractivity contribution < 1.29 is 0 Å². The van der Waals surface area contributed by atoms with Gasteiger partial charge in [0.15, 0.2) is 0 Å². The van der Waals surface area contributed by atoms with Gasteiger partial charge in [0.05, 0.1) is 0 Å². The molecule has 1 N–H and O–H groups in total. The van der Waals surface area contributed by atoms with Crippen LogP contribution in [0.4, 0.5) is 0 Å². The van der Waals surface area contributed by atoms with E-state index in [9.17, 15) is 0 Å². The number of rotatable bonds is 2. The molecule has 1 aliphatic heterocycles. The van der Waals surface area contributed by atoms with Gasteiger partial charge < -0.3 is 10.2 Å². The molecule has 2 aliphatic rings. The summed E-state index contributed by atoms with van der Waals surface area (Å²) in [5, 5.41) is 3.39. The van der Waals surface area contributed by atoms with E-state index >= 15 is 0 Å². The molecule has 0 bridgehead atoms. The van der Waals surface area contributed by atoms with Gasteiger partial charge in [-0.05, 0) is 45.8 Å². The molecule has 0 aromatic carbocycles. The molecule has 76 valence electrons. The summed E-state index contributed by atoms with van der Waals surface area (Å²) in [6, 6.07) is 1.73. The van der Waals surface area contributed by atoms with Crippen molar-refractivity contribution in [1.29, 1.82) is 0 Å². The normalized spacial score (nSPS) is 28.4. The third-order valence-corrected chi connectivity index (χ3v) is 3.78. The Morgan fingerprint density at radius 1 is 1.00 bits per heavy atom. The minimum atomic E-state index is 0.789. The summed E-state index contributed by atoms with van der Waals surface area (Å²) in [6.07, 6.45) is 8.57. The van der Waals surface area contributed by atoms with Gasteiger partial charge in [0.25, 0.3) is 0 Å². The Morgan fingerprint density at radius 3 is 2.15 bits per heavy atom. The Kier molecular flexibility index (Phi) is 3.23. The van der Waals surface area contributed by atoms with Gasteiger partial charge in [-0.25, -0.2) is 0 Å². The largest absolute Gasteiger partial charge is 0.317 e. The second kappa shape index (κ2) is 4.43. The topological polar surface area (TPSA) is 15.3 Å². The van der Waals surface area contributed by atoms with Gasteiger partial charge in [-0.15, -0.1) is 0 Å². The van der Waals surface area contributed by atoms with Crippen LogP contribution in [0.3, 0.4) is 0 Å². The number of hydrogen-bond acceptors (Lipinski definition) is 2. The smallest absolute Gasteiger partial charge is 0.00952 e. The Morgan fingerprint density at radius 2 is 1.62 bits per heavy atom. The molecule has 0 radical (unpaired) electrons. The van der Waals surface area contributed by atoms with Crippen LogP contribution in [0, 0.1) is 0 Å². The first-order chi connectivity index (χ1) is 6.40. The van der Waals surface area contributed by atoms with Crippen LogP contribution < -0.4 is 5.32 Å². The Hall–Kier alpha value is -0.0800. The molecule has 0 spiro atoms. The molecule has 0 atom stereocenters. The van der Waals surface area contributed by atoms with Crippen molar-refractivity contribution >= 4 is 0 Å². The lowest BCUT2D eigenvalue weighted by molar-refractivity contribution is 0.147. The van der Waals surface area contributed by atoms with E-state index in [2.05, 4.69) is 17.3 Å². The van der Waals surface area contributed by atoms with E-state index in [-0.39, 0.29) is 0 Å². The molecule has 0 aromatic rings. The van der Waals surface area contributed by atoms with Gasteiger partial charge in [0.2, 0.25) is 0 Å². The maximum absolute atomic E-state index is 3.39. The predicted molar refractivity (Wildman–Crippen MR) is 55.9 cm³/mol. The second-order valence-corrected chi connectivity index (χ2v) is 4.54. The van der Waals surface area contributed by atoms with E-state index in [1.807, 2.05) is 0 Å². The van der Waals surface area contributed by atoms with Crippen LogP contribution in [-0.4, -0.2) is 37.1 Å². The van der Waals surface area contributed by atoms with Crippen molar-refractivity contribution in [1.82, 2.24) is 10.2 Å². The lowest BCUT2D eigenvalue weighted by Crippen LogP contribution is -2.45. The first kappa shape index (κ1) is 9.47. The van der Waals surface area contributed by atoms with Crippen LogP contribution in [0.15, 0.2) is 0 Å². The van der Waals surface area contributed by atoms with Crippen LogP contribution in [0.1, 0.15) is 38.5 Å². The summed E-state index contributed by atoms with van der Waals surface area (Å²) in [5.74, 6) is 0. The Labute approximate surface area is 81.7 Å². The lowest BCUT2D eigenvalue weighted by Gasteiger charge is -2.35. The minimum absolute atomic E-state index is 0.789. The van der Waals surface area contributed by atoms with Crippen molar-refractivity contribution in [3.05, 3.63) is 0 Å². The molecule has 2 heteroatoms. The summed E-state index contributed by atoms with van der Waals surface area (Å²) in [6.45, 7) is 2.66. The summed E-state index contributed by atoms with van der Waals surface area (Å²) in [4.78, 5) is 2.72. The van der Waals surface area contributed by atoms with E-state index in [4.69, 9.17) is 0 Å². The maximum Gasteiger partial charge on any atom is 0.00952 e. The fourth-order valence-corrected chi connectivity index (χ4v) is 2.82. The zero-order valence-electron chi connectivity index (χ0n) is 8.76. The summed E-state index contributed by atoms with van der Waals surface area (Å²) in [7, 11) is 2.09. The van der Waals surface area contributed by atoms with E-state index in [1.54, 1.807) is 0 Å². The molecule has 2 nitrogen and oxygen atoms in total. The number of likely N-dealkylation sites (tertiary alicyclic amines) is 1. The number of piperidine rings is 1. The average molecular weight is 182 g/mol. The van der Waals surface area contributed by atoms with Gasteiger partial charge in [0, 0.05) is 12.1 Å². The van der Waals surface area contributed by atoms with Crippen molar-refractivity contribution in [2.24, 2.45) is 0 Å². The zero-order chi connectivity index (χ0) is 9.10. The van der Waals surface area contributed by atoms with Gasteiger partial charge in [0.1, 0.15) is 0 Å².